The van der Waals surface area contributed by atoms with Gasteiger partial charge in [-0.2, -0.15) is 0 Å². The van der Waals surface area contributed by atoms with Crippen LogP contribution in [0.5, 0.6) is 5.75 Å². The van der Waals surface area contributed by atoms with Gasteiger partial charge in [-0.05, 0) is 31.5 Å². The van der Waals surface area contributed by atoms with Crippen molar-refractivity contribution in [1.29, 1.82) is 0 Å². The molecule has 3 N–H and O–H groups in total. The van der Waals surface area contributed by atoms with Gasteiger partial charge in [0.1, 0.15) is 5.75 Å². The van der Waals surface area contributed by atoms with E-state index >= 15 is 0 Å². The Hall–Kier alpha value is -1.75. The SMILES string of the molecule is CC(N)CCNc1ccc2c(c1)N(C)C(=O)CO2. The smallest absolute Gasteiger partial charge is 0.264 e. The average molecular weight is 249 g/mol. The predicted octanol–water partition coefficient (Wildman–Crippen LogP) is 1.19. The Morgan fingerprint density at radius 2 is 2.33 bits per heavy atom. The average Bonchev–Trinajstić information content (AvgIpc) is 2.34. The fraction of sp³-hybridized carbons (Fsp3) is 0.462. The molecule has 0 bridgehead atoms. The Balaban J connectivity index is 2.08. The Bertz CT molecular complexity index is 446. The van der Waals surface area contributed by atoms with Crippen LogP contribution in [0.15, 0.2) is 18.2 Å². The van der Waals surface area contributed by atoms with Crippen molar-refractivity contribution in [3.05, 3.63) is 18.2 Å². The molecule has 5 heteroatoms. The van der Waals surface area contributed by atoms with Crippen molar-refractivity contribution in [2.45, 2.75) is 19.4 Å². The quantitative estimate of drug-likeness (QED) is 0.841. The first-order valence-corrected chi connectivity index (χ1v) is 6.11. The lowest BCUT2D eigenvalue weighted by Crippen LogP contribution is -2.35. The molecule has 5 nitrogen and oxygen atoms in total. The third-order valence-electron chi connectivity index (χ3n) is 2.97. The van der Waals surface area contributed by atoms with E-state index < -0.39 is 0 Å². The lowest BCUT2D eigenvalue weighted by molar-refractivity contribution is -0.120. The van der Waals surface area contributed by atoms with Gasteiger partial charge in [0.15, 0.2) is 6.61 Å². The van der Waals surface area contributed by atoms with E-state index in [9.17, 15) is 4.79 Å². The molecule has 0 saturated carbocycles. The minimum atomic E-state index is -0.0322. The molecule has 1 amide bonds. The monoisotopic (exact) mass is 249 g/mol. The topological polar surface area (TPSA) is 67.6 Å². The van der Waals surface area contributed by atoms with Crippen LogP contribution < -0.4 is 20.7 Å². The van der Waals surface area contributed by atoms with Crippen LogP contribution in [-0.2, 0) is 4.79 Å². The minimum Gasteiger partial charge on any atom is -0.482 e. The number of rotatable bonds is 4. The summed E-state index contributed by atoms with van der Waals surface area (Å²) in [5, 5.41) is 3.29. The van der Waals surface area contributed by atoms with Gasteiger partial charge in [-0.1, -0.05) is 0 Å². The zero-order chi connectivity index (χ0) is 13.1. The maximum absolute atomic E-state index is 11.5. The molecule has 1 aliphatic heterocycles. The van der Waals surface area contributed by atoms with Crippen molar-refractivity contribution in [2.24, 2.45) is 5.73 Å². The fourth-order valence-corrected chi connectivity index (χ4v) is 1.83. The van der Waals surface area contributed by atoms with Gasteiger partial charge in [0, 0.05) is 25.3 Å². The van der Waals surface area contributed by atoms with Crippen molar-refractivity contribution >= 4 is 17.3 Å². The highest BCUT2D eigenvalue weighted by Crippen LogP contribution is 2.33. The number of anilines is 2. The van der Waals surface area contributed by atoms with Crippen LogP contribution in [0.1, 0.15) is 13.3 Å². The van der Waals surface area contributed by atoms with E-state index in [0.29, 0.717) is 0 Å². The molecule has 1 aliphatic rings. The number of carbonyl (C=O) groups is 1. The van der Waals surface area contributed by atoms with Crippen LogP contribution in [0, 0.1) is 0 Å². The molecular formula is C13H19N3O2. The van der Waals surface area contributed by atoms with E-state index in [-0.39, 0.29) is 18.6 Å². The minimum absolute atomic E-state index is 0.0322. The molecule has 0 aliphatic carbocycles. The molecule has 1 atom stereocenters. The van der Waals surface area contributed by atoms with Crippen molar-refractivity contribution < 1.29 is 9.53 Å². The first-order chi connectivity index (χ1) is 8.58. The maximum Gasteiger partial charge on any atom is 0.264 e. The number of ether oxygens (including phenoxy) is 1. The molecule has 0 radical (unpaired) electrons. The number of nitrogens with one attached hydrogen (secondary N) is 1. The van der Waals surface area contributed by atoms with Crippen LogP contribution in [-0.4, -0.2) is 32.1 Å². The van der Waals surface area contributed by atoms with Gasteiger partial charge < -0.3 is 20.7 Å². The Morgan fingerprint density at radius 1 is 1.56 bits per heavy atom. The molecule has 1 heterocycles. The zero-order valence-electron chi connectivity index (χ0n) is 10.8. The largest absolute Gasteiger partial charge is 0.482 e. The predicted molar refractivity (Wildman–Crippen MR) is 72.1 cm³/mol. The lowest BCUT2D eigenvalue weighted by Gasteiger charge is -2.26. The molecule has 0 saturated heterocycles. The Morgan fingerprint density at radius 3 is 3.06 bits per heavy atom. The maximum atomic E-state index is 11.5. The molecular weight excluding hydrogens is 230 g/mol. The summed E-state index contributed by atoms with van der Waals surface area (Å²) in [5.74, 6) is 0.713. The summed E-state index contributed by atoms with van der Waals surface area (Å²) in [6.07, 6.45) is 0.905. The summed E-state index contributed by atoms with van der Waals surface area (Å²) >= 11 is 0. The summed E-state index contributed by atoms with van der Waals surface area (Å²) in [7, 11) is 1.76. The highest BCUT2D eigenvalue weighted by Gasteiger charge is 2.22. The van der Waals surface area contributed by atoms with Crippen LogP contribution in [0.25, 0.3) is 0 Å². The van der Waals surface area contributed by atoms with Crippen LogP contribution >= 0.6 is 0 Å². The summed E-state index contributed by atoms with van der Waals surface area (Å²) < 4.78 is 5.36. The Kier molecular flexibility index (Phi) is 3.72. The van der Waals surface area contributed by atoms with Gasteiger partial charge in [-0.3, -0.25) is 4.79 Å². The van der Waals surface area contributed by atoms with E-state index in [2.05, 4.69) is 5.32 Å². The number of nitrogens with two attached hydrogens (primary N) is 1. The summed E-state index contributed by atoms with van der Waals surface area (Å²) in [6.45, 7) is 2.91. The number of carbonyl (C=O) groups excluding carboxylic acids is 1. The lowest BCUT2D eigenvalue weighted by atomic mass is 10.2. The van der Waals surface area contributed by atoms with Gasteiger partial charge in [-0.15, -0.1) is 0 Å². The van der Waals surface area contributed by atoms with Crippen LogP contribution in [0.2, 0.25) is 0 Å². The van der Waals surface area contributed by atoms with Gasteiger partial charge in [0.25, 0.3) is 5.91 Å². The van der Waals surface area contributed by atoms with Gasteiger partial charge in [-0.25, -0.2) is 0 Å². The Labute approximate surface area is 107 Å². The number of hydrogen-bond donors (Lipinski definition) is 2. The number of fused-ring (bicyclic) bond motifs is 1. The molecule has 1 aromatic rings. The molecule has 1 unspecified atom stereocenters. The molecule has 2 rings (SSSR count). The van der Waals surface area contributed by atoms with Gasteiger partial charge in [0.05, 0.1) is 5.69 Å². The number of benzene rings is 1. The normalized spacial score (nSPS) is 15.9. The zero-order valence-corrected chi connectivity index (χ0v) is 10.8. The number of hydrogen-bond acceptors (Lipinski definition) is 4. The second-order valence-electron chi connectivity index (χ2n) is 4.62. The fourth-order valence-electron chi connectivity index (χ4n) is 1.83. The highest BCUT2D eigenvalue weighted by atomic mass is 16.5. The van der Waals surface area contributed by atoms with Crippen LogP contribution in [0.4, 0.5) is 11.4 Å². The van der Waals surface area contributed by atoms with Gasteiger partial charge >= 0.3 is 0 Å². The number of amides is 1. The number of likely N-dealkylation sites (N-methyl/N-ethyl adjacent to an activating group) is 1. The molecule has 98 valence electrons. The van der Waals surface area contributed by atoms with E-state index in [1.165, 1.54) is 0 Å². The summed E-state index contributed by atoms with van der Waals surface area (Å²) in [4.78, 5) is 13.2. The molecule has 0 aromatic heterocycles. The van der Waals surface area contributed by atoms with E-state index in [4.69, 9.17) is 10.5 Å². The van der Waals surface area contributed by atoms with E-state index in [0.717, 1.165) is 30.1 Å². The third kappa shape index (κ3) is 2.73. The molecule has 0 fully saturated rings. The standard InChI is InChI=1S/C13H19N3O2/c1-9(14)5-6-15-10-3-4-12-11(7-10)16(2)13(17)8-18-12/h3-4,7,9,15H,5-6,8,14H2,1-2H3. The van der Waals surface area contributed by atoms with Crippen molar-refractivity contribution in [3.8, 4) is 5.75 Å². The summed E-state index contributed by atoms with van der Waals surface area (Å²) in [6, 6.07) is 5.94. The first-order valence-electron chi connectivity index (χ1n) is 6.11. The summed E-state index contributed by atoms with van der Waals surface area (Å²) in [5.41, 5.74) is 7.47. The molecule has 1 aromatic carbocycles. The number of nitrogens with zero attached hydrogens (tertiary/aromatic N) is 1. The molecule has 18 heavy (non-hydrogen) atoms. The van der Waals surface area contributed by atoms with Crippen LogP contribution in [0.3, 0.4) is 0 Å². The van der Waals surface area contributed by atoms with E-state index in [1.54, 1.807) is 11.9 Å². The third-order valence-corrected chi connectivity index (χ3v) is 2.97. The first kappa shape index (κ1) is 12.7. The van der Waals surface area contributed by atoms with Gasteiger partial charge in [0.2, 0.25) is 0 Å². The molecule has 0 spiro atoms. The second kappa shape index (κ2) is 5.27. The van der Waals surface area contributed by atoms with Crippen molar-refractivity contribution in [2.75, 3.05) is 30.4 Å². The second-order valence-corrected chi connectivity index (χ2v) is 4.62. The van der Waals surface area contributed by atoms with Crippen molar-refractivity contribution in [1.82, 2.24) is 0 Å². The highest BCUT2D eigenvalue weighted by molar-refractivity contribution is 5.97. The van der Waals surface area contributed by atoms with Crippen molar-refractivity contribution in [3.63, 3.8) is 0 Å². The van der Waals surface area contributed by atoms with E-state index in [1.807, 2.05) is 25.1 Å².